The molecule has 0 saturated heterocycles. The summed E-state index contributed by atoms with van der Waals surface area (Å²) in [6, 6.07) is 11.9. The lowest BCUT2D eigenvalue weighted by Gasteiger charge is -2.09. The topological polar surface area (TPSA) is 45.4 Å². The molecule has 4 rings (SSSR count). The van der Waals surface area contributed by atoms with E-state index in [9.17, 15) is 22.7 Å². The van der Waals surface area contributed by atoms with Gasteiger partial charge in [-0.1, -0.05) is 35.9 Å². The van der Waals surface area contributed by atoms with Crippen molar-refractivity contribution in [3.63, 3.8) is 0 Å². The molecule has 3 aromatic carbocycles. The third-order valence-corrected chi connectivity index (χ3v) is 4.94. The van der Waals surface area contributed by atoms with Crippen LogP contribution < -0.4 is 5.32 Å². The molecule has 0 aliphatic carbocycles. The number of hydrogen-bond acceptors (Lipinski definition) is 3. The Morgan fingerprint density at radius 2 is 1.77 bits per heavy atom. The van der Waals surface area contributed by atoms with Gasteiger partial charge in [0, 0.05) is 23.0 Å². The molecule has 8 heteroatoms. The molecule has 0 aliphatic rings. The summed E-state index contributed by atoms with van der Waals surface area (Å²) in [5.41, 5.74) is -0.567. The van der Waals surface area contributed by atoms with Crippen molar-refractivity contribution in [3.8, 4) is 28.2 Å². The molecule has 0 fully saturated rings. The van der Waals surface area contributed by atoms with Crippen molar-refractivity contribution < 1.29 is 27.1 Å². The number of alkyl halides is 3. The van der Waals surface area contributed by atoms with E-state index in [4.69, 9.17) is 16.0 Å². The molecule has 0 radical (unpaired) electrons. The number of nitrogens with one attached hydrogen (secondary N) is 1. The van der Waals surface area contributed by atoms with Gasteiger partial charge in [-0.05, 0) is 41.3 Å². The molecule has 3 nitrogen and oxygen atoms in total. The average Bonchev–Trinajstić information content (AvgIpc) is 3.03. The summed E-state index contributed by atoms with van der Waals surface area (Å²) in [6.45, 7) is 0. The molecule has 0 saturated carbocycles. The van der Waals surface area contributed by atoms with Gasteiger partial charge in [0.25, 0.3) is 0 Å². The second-order valence-electron chi connectivity index (χ2n) is 6.60. The molecule has 30 heavy (non-hydrogen) atoms. The van der Waals surface area contributed by atoms with Gasteiger partial charge in [0.1, 0.15) is 5.82 Å². The molecule has 0 unspecified atom stereocenters. The highest BCUT2D eigenvalue weighted by Crippen LogP contribution is 2.49. The molecular formula is C22H14ClF4NO2. The number of rotatable bonds is 3. The summed E-state index contributed by atoms with van der Waals surface area (Å²) < 4.78 is 59.7. The Morgan fingerprint density at radius 3 is 2.47 bits per heavy atom. The van der Waals surface area contributed by atoms with E-state index in [0.717, 1.165) is 12.1 Å². The number of anilines is 1. The summed E-state index contributed by atoms with van der Waals surface area (Å²) in [7, 11) is 1.50. The molecule has 2 N–H and O–H groups in total. The molecule has 0 aliphatic heterocycles. The van der Waals surface area contributed by atoms with Crippen LogP contribution in [0.1, 0.15) is 5.56 Å². The second-order valence-corrected chi connectivity index (χ2v) is 7.04. The molecule has 0 bridgehead atoms. The SMILES string of the molecule is CNc1oc(-c2cc(Cl)cc3cccc(F)c23)c(O)c1-c1cccc(C(F)(F)F)c1. The van der Waals surface area contributed by atoms with Crippen LogP contribution in [-0.2, 0) is 6.18 Å². The Kier molecular flexibility index (Phi) is 4.86. The van der Waals surface area contributed by atoms with Crippen LogP contribution in [0.5, 0.6) is 5.75 Å². The fourth-order valence-corrected chi connectivity index (χ4v) is 3.65. The van der Waals surface area contributed by atoms with Gasteiger partial charge >= 0.3 is 6.18 Å². The van der Waals surface area contributed by atoms with Crippen LogP contribution in [0.3, 0.4) is 0 Å². The van der Waals surface area contributed by atoms with Crippen molar-refractivity contribution in [1.82, 2.24) is 0 Å². The minimum atomic E-state index is -4.55. The van der Waals surface area contributed by atoms with E-state index < -0.39 is 23.3 Å². The zero-order chi connectivity index (χ0) is 21.6. The molecule has 4 aromatic rings. The Labute approximate surface area is 173 Å². The Morgan fingerprint density at radius 1 is 1.03 bits per heavy atom. The number of aromatic hydroxyl groups is 1. The summed E-state index contributed by atoms with van der Waals surface area (Å²) in [5.74, 6) is -1.05. The van der Waals surface area contributed by atoms with Crippen LogP contribution in [0.15, 0.2) is 59.0 Å². The summed E-state index contributed by atoms with van der Waals surface area (Å²) >= 11 is 6.16. The van der Waals surface area contributed by atoms with E-state index in [-0.39, 0.29) is 38.7 Å². The number of benzene rings is 3. The highest BCUT2D eigenvalue weighted by atomic mass is 35.5. The highest BCUT2D eigenvalue weighted by molar-refractivity contribution is 6.32. The van der Waals surface area contributed by atoms with E-state index in [1.54, 1.807) is 12.1 Å². The largest absolute Gasteiger partial charge is 0.504 e. The lowest BCUT2D eigenvalue weighted by atomic mass is 9.99. The lowest BCUT2D eigenvalue weighted by Crippen LogP contribution is -2.04. The maximum atomic E-state index is 14.6. The third kappa shape index (κ3) is 3.35. The number of furan rings is 1. The number of halogens is 5. The Hall–Kier alpha value is -3.19. The van der Waals surface area contributed by atoms with Gasteiger partial charge in [-0.3, -0.25) is 0 Å². The van der Waals surface area contributed by atoms with Gasteiger partial charge in [0.15, 0.2) is 11.5 Å². The standard InChI is InChI=1S/C22H14ClF4NO2/c1-28-21-18(11-4-2-6-13(8-11)22(25,26)27)19(29)20(30-21)15-10-14(23)9-12-5-3-7-16(24)17(12)15/h2-10,28-29H,1H3. The highest BCUT2D eigenvalue weighted by Gasteiger charge is 2.32. The fraction of sp³-hybridized carbons (Fsp3) is 0.0909. The first-order valence-electron chi connectivity index (χ1n) is 8.80. The maximum absolute atomic E-state index is 14.6. The van der Waals surface area contributed by atoms with E-state index in [0.29, 0.717) is 5.39 Å². The summed E-state index contributed by atoms with van der Waals surface area (Å²) in [4.78, 5) is 0. The smallest absolute Gasteiger partial charge is 0.416 e. The zero-order valence-electron chi connectivity index (χ0n) is 15.4. The van der Waals surface area contributed by atoms with Crippen molar-refractivity contribution >= 4 is 28.3 Å². The first-order valence-corrected chi connectivity index (χ1v) is 9.17. The minimum absolute atomic E-state index is 0.0306. The van der Waals surface area contributed by atoms with E-state index in [2.05, 4.69) is 5.32 Å². The predicted octanol–water partition coefficient (Wildman–Crippen LogP) is 7.33. The molecule has 1 heterocycles. The van der Waals surface area contributed by atoms with Gasteiger partial charge in [-0.25, -0.2) is 4.39 Å². The van der Waals surface area contributed by atoms with Crippen LogP contribution in [-0.4, -0.2) is 12.2 Å². The Bertz CT molecular complexity index is 1260. The molecule has 0 amide bonds. The zero-order valence-corrected chi connectivity index (χ0v) is 16.2. The van der Waals surface area contributed by atoms with E-state index in [1.807, 2.05) is 0 Å². The number of hydrogen-bond donors (Lipinski definition) is 2. The van der Waals surface area contributed by atoms with Crippen molar-refractivity contribution in [2.45, 2.75) is 6.18 Å². The normalized spacial score (nSPS) is 11.8. The molecule has 154 valence electrons. The molecule has 1 aromatic heterocycles. The molecule has 0 spiro atoms. The van der Waals surface area contributed by atoms with E-state index in [1.165, 1.54) is 37.4 Å². The third-order valence-electron chi connectivity index (χ3n) is 4.72. The minimum Gasteiger partial charge on any atom is -0.504 e. The second kappa shape index (κ2) is 7.25. The lowest BCUT2D eigenvalue weighted by molar-refractivity contribution is -0.137. The molecule has 0 atom stereocenters. The first-order chi connectivity index (χ1) is 14.2. The Balaban J connectivity index is 1.99. The predicted molar refractivity (Wildman–Crippen MR) is 108 cm³/mol. The van der Waals surface area contributed by atoms with Crippen LogP contribution in [0.25, 0.3) is 33.2 Å². The van der Waals surface area contributed by atoms with Crippen LogP contribution in [0.2, 0.25) is 5.02 Å². The molecular weight excluding hydrogens is 422 g/mol. The van der Waals surface area contributed by atoms with Crippen LogP contribution >= 0.6 is 11.6 Å². The quantitative estimate of drug-likeness (QED) is 0.331. The maximum Gasteiger partial charge on any atom is 0.416 e. The fourth-order valence-electron chi connectivity index (χ4n) is 3.42. The van der Waals surface area contributed by atoms with Crippen molar-refractivity contribution in [2.75, 3.05) is 12.4 Å². The van der Waals surface area contributed by atoms with Crippen LogP contribution in [0.4, 0.5) is 23.4 Å². The van der Waals surface area contributed by atoms with Crippen molar-refractivity contribution in [3.05, 3.63) is 71.0 Å². The van der Waals surface area contributed by atoms with Gasteiger partial charge in [-0.15, -0.1) is 0 Å². The van der Waals surface area contributed by atoms with E-state index >= 15 is 0 Å². The van der Waals surface area contributed by atoms with Crippen LogP contribution in [0, 0.1) is 5.82 Å². The van der Waals surface area contributed by atoms with Crippen molar-refractivity contribution in [1.29, 1.82) is 0 Å². The summed E-state index contributed by atoms with van der Waals surface area (Å²) in [5, 5.41) is 14.6. The van der Waals surface area contributed by atoms with Crippen molar-refractivity contribution in [2.24, 2.45) is 0 Å². The monoisotopic (exact) mass is 435 g/mol. The first kappa shape index (κ1) is 20.1. The average molecular weight is 436 g/mol. The van der Waals surface area contributed by atoms with Gasteiger partial charge in [-0.2, -0.15) is 13.2 Å². The number of fused-ring (bicyclic) bond motifs is 1. The van der Waals surface area contributed by atoms with Gasteiger partial charge in [0.05, 0.1) is 11.1 Å². The van der Waals surface area contributed by atoms with Gasteiger partial charge in [0.2, 0.25) is 5.88 Å². The summed E-state index contributed by atoms with van der Waals surface area (Å²) in [6.07, 6.45) is -4.55. The van der Waals surface area contributed by atoms with Gasteiger partial charge < -0.3 is 14.8 Å².